The molecule has 0 aliphatic heterocycles. The average molecular weight is 348 g/mol. The number of hydrogen-bond acceptors (Lipinski definition) is 5. The van der Waals surface area contributed by atoms with Crippen molar-refractivity contribution in [2.75, 3.05) is 17.7 Å². The Morgan fingerprint density at radius 2 is 1.69 bits per heavy atom. The first-order valence-corrected chi connectivity index (χ1v) is 7.79. The van der Waals surface area contributed by atoms with Gasteiger partial charge in [-0.3, -0.25) is 14.6 Å². The molecule has 1 aromatic carbocycles. The van der Waals surface area contributed by atoms with Crippen LogP contribution in [0, 0.1) is 0 Å². The van der Waals surface area contributed by atoms with Gasteiger partial charge in [-0.1, -0.05) is 6.07 Å². The third-order valence-electron chi connectivity index (χ3n) is 3.51. The van der Waals surface area contributed by atoms with Crippen molar-refractivity contribution in [1.29, 1.82) is 0 Å². The molecule has 130 valence electrons. The van der Waals surface area contributed by atoms with E-state index in [0.29, 0.717) is 28.5 Å². The maximum absolute atomic E-state index is 12.2. The Labute approximate surface area is 150 Å². The van der Waals surface area contributed by atoms with Crippen molar-refractivity contribution in [2.45, 2.75) is 0 Å². The van der Waals surface area contributed by atoms with E-state index >= 15 is 0 Å². The molecule has 0 saturated carbocycles. The minimum atomic E-state index is -0.331. The first-order valence-electron chi connectivity index (χ1n) is 7.79. The number of hydrogen-bond donors (Lipinski definition) is 2. The molecule has 0 spiro atoms. The van der Waals surface area contributed by atoms with Crippen LogP contribution in [0.25, 0.3) is 0 Å². The summed E-state index contributed by atoms with van der Waals surface area (Å²) in [6, 6.07) is 15.1. The van der Waals surface area contributed by atoms with E-state index in [1.807, 2.05) is 0 Å². The molecule has 2 heterocycles. The zero-order valence-electron chi connectivity index (χ0n) is 14.0. The molecule has 7 heteroatoms. The molecule has 2 aromatic heterocycles. The lowest BCUT2D eigenvalue weighted by Crippen LogP contribution is -2.15. The molecule has 3 rings (SSSR count). The second kappa shape index (κ2) is 7.89. The maximum atomic E-state index is 12.2. The summed E-state index contributed by atoms with van der Waals surface area (Å²) in [6.45, 7) is 0. The molecule has 26 heavy (non-hydrogen) atoms. The van der Waals surface area contributed by atoms with Crippen LogP contribution in [0.4, 0.5) is 11.5 Å². The third-order valence-corrected chi connectivity index (χ3v) is 3.51. The number of rotatable bonds is 5. The number of pyridine rings is 2. The molecular formula is C19H16N4O3. The summed E-state index contributed by atoms with van der Waals surface area (Å²) in [5, 5.41) is 5.38. The number of carbonyl (C=O) groups is 2. The summed E-state index contributed by atoms with van der Waals surface area (Å²) in [6.07, 6.45) is 3.01. The van der Waals surface area contributed by atoms with Crippen molar-refractivity contribution in [1.82, 2.24) is 9.97 Å². The molecule has 0 unspecified atom stereocenters. The van der Waals surface area contributed by atoms with Crippen LogP contribution in [-0.4, -0.2) is 28.9 Å². The van der Waals surface area contributed by atoms with E-state index in [0.717, 1.165) is 0 Å². The molecule has 2 amide bonds. The lowest BCUT2D eigenvalue weighted by molar-refractivity contribution is 0.101. The number of nitrogens with zero attached hydrogens (tertiary/aromatic N) is 2. The highest BCUT2D eigenvalue weighted by molar-refractivity contribution is 6.04. The highest BCUT2D eigenvalue weighted by Crippen LogP contribution is 2.14. The van der Waals surface area contributed by atoms with Gasteiger partial charge in [0.15, 0.2) is 0 Å². The Morgan fingerprint density at radius 3 is 2.31 bits per heavy atom. The Hall–Kier alpha value is -3.74. The molecule has 0 radical (unpaired) electrons. The molecule has 0 saturated heterocycles. The summed E-state index contributed by atoms with van der Waals surface area (Å²) in [4.78, 5) is 32.3. The van der Waals surface area contributed by atoms with Gasteiger partial charge in [0.2, 0.25) is 0 Å². The predicted molar refractivity (Wildman–Crippen MR) is 97.4 cm³/mol. The predicted octanol–water partition coefficient (Wildman–Crippen LogP) is 2.99. The third kappa shape index (κ3) is 4.21. The van der Waals surface area contributed by atoms with Crippen LogP contribution in [0.3, 0.4) is 0 Å². The fourth-order valence-electron chi connectivity index (χ4n) is 2.16. The SMILES string of the molecule is COc1ccc(C(=O)Nc2ccc(NC(=O)c3ccccn3)cn2)cc1. The van der Waals surface area contributed by atoms with Crippen molar-refractivity contribution in [2.24, 2.45) is 0 Å². The molecule has 0 aliphatic rings. The monoisotopic (exact) mass is 348 g/mol. The van der Waals surface area contributed by atoms with Crippen LogP contribution >= 0.6 is 0 Å². The van der Waals surface area contributed by atoms with Gasteiger partial charge in [0, 0.05) is 11.8 Å². The molecule has 3 aromatic rings. The second-order valence-corrected chi connectivity index (χ2v) is 5.28. The lowest BCUT2D eigenvalue weighted by atomic mass is 10.2. The quantitative estimate of drug-likeness (QED) is 0.739. The molecule has 0 atom stereocenters. The highest BCUT2D eigenvalue weighted by Gasteiger charge is 2.09. The number of anilines is 2. The van der Waals surface area contributed by atoms with Gasteiger partial charge in [-0.25, -0.2) is 4.98 Å². The number of aromatic nitrogens is 2. The Morgan fingerprint density at radius 1 is 0.885 bits per heavy atom. The molecule has 7 nitrogen and oxygen atoms in total. The van der Waals surface area contributed by atoms with Gasteiger partial charge in [-0.15, -0.1) is 0 Å². The van der Waals surface area contributed by atoms with Crippen molar-refractivity contribution in [3.8, 4) is 5.75 Å². The highest BCUT2D eigenvalue weighted by atomic mass is 16.5. The minimum Gasteiger partial charge on any atom is -0.497 e. The number of ether oxygens (including phenoxy) is 1. The number of carbonyl (C=O) groups excluding carboxylic acids is 2. The van der Waals surface area contributed by atoms with E-state index in [-0.39, 0.29) is 11.8 Å². The molecule has 0 bridgehead atoms. The van der Waals surface area contributed by atoms with Gasteiger partial charge in [0.1, 0.15) is 17.3 Å². The van der Waals surface area contributed by atoms with Crippen molar-refractivity contribution >= 4 is 23.3 Å². The van der Waals surface area contributed by atoms with Crippen LogP contribution in [0.2, 0.25) is 0 Å². The first kappa shape index (κ1) is 17.1. The van der Waals surface area contributed by atoms with Crippen molar-refractivity contribution in [3.63, 3.8) is 0 Å². The van der Waals surface area contributed by atoms with E-state index in [2.05, 4.69) is 20.6 Å². The first-order chi connectivity index (χ1) is 12.7. The van der Waals surface area contributed by atoms with Gasteiger partial charge < -0.3 is 15.4 Å². The van der Waals surface area contributed by atoms with Crippen LogP contribution in [0.5, 0.6) is 5.75 Å². The van der Waals surface area contributed by atoms with E-state index in [1.54, 1.807) is 67.9 Å². The zero-order chi connectivity index (χ0) is 18.4. The lowest BCUT2D eigenvalue weighted by Gasteiger charge is -2.07. The topological polar surface area (TPSA) is 93.2 Å². The van der Waals surface area contributed by atoms with Crippen LogP contribution in [-0.2, 0) is 0 Å². The van der Waals surface area contributed by atoms with Crippen LogP contribution in [0.15, 0.2) is 67.0 Å². The standard InChI is InChI=1S/C19H16N4O3/c1-26-15-8-5-13(6-9-15)18(24)23-17-10-7-14(12-21-17)22-19(25)16-4-2-3-11-20-16/h2-12H,1H3,(H,22,25)(H,21,23,24). The summed E-state index contributed by atoms with van der Waals surface area (Å²) in [5.41, 5.74) is 1.30. The molecule has 2 N–H and O–H groups in total. The average Bonchev–Trinajstić information content (AvgIpc) is 2.70. The summed E-state index contributed by atoms with van der Waals surface area (Å²) in [7, 11) is 1.56. The summed E-state index contributed by atoms with van der Waals surface area (Å²) < 4.78 is 5.06. The number of methoxy groups -OCH3 is 1. The normalized spacial score (nSPS) is 10.0. The number of benzene rings is 1. The van der Waals surface area contributed by atoms with E-state index in [1.165, 1.54) is 6.20 Å². The fraction of sp³-hybridized carbons (Fsp3) is 0.0526. The van der Waals surface area contributed by atoms with E-state index < -0.39 is 0 Å². The summed E-state index contributed by atoms with van der Waals surface area (Å²) >= 11 is 0. The zero-order valence-corrected chi connectivity index (χ0v) is 14.0. The van der Waals surface area contributed by atoms with Gasteiger partial charge in [0.05, 0.1) is 19.0 Å². The van der Waals surface area contributed by atoms with Crippen LogP contribution in [0.1, 0.15) is 20.8 Å². The molecule has 0 aliphatic carbocycles. The van der Waals surface area contributed by atoms with Crippen molar-refractivity contribution in [3.05, 3.63) is 78.2 Å². The van der Waals surface area contributed by atoms with Gasteiger partial charge in [0.25, 0.3) is 11.8 Å². The van der Waals surface area contributed by atoms with Gasteiger partial charge in [-0.05, 0) is 48.5 Å². The largest absolute Gasteiger partial charge is 0.497 e. The van der Waals surface area contributed by atoms with E-state index in [4.69, 9.17) is 4.74 Å². The fourth-order valence-corrected chi connectivity index (χ4v) is 2.16. The molecule has 0 fully saturated rings. The summed E-state index contributed by atoms with van der Waals surface area (Å²) in [5.74, 6) is 0.433. The number of amides is 2. The van der Waals surface area contributed by atoms with Gasteiger partial charge >= 0.3 is 0 Å². The van der Waals surface area contributed by atoms with E-state index in [9.17, 15) is 9.59 Å². The Kier molecular flexibility index (Phi) is 5.19. The van der Waals surface area contributed by atoms with Crippen molar-refractivity contribution < 1.29 is 14.3 Å². The Balaban J connectivity index is 1.62. The second-order valence-electron chi connectivity index (χ2n) is 5.28. The Bertz CT molecular complexity index is 894. The molecular weight excluding hydrogens is 332 g/mol. The maximum Gasteiger partial charge on any atom is 0.274 e. The minimum absolute atomic E-state index is 0.287. The van der Waals surface area contributed by atoms with Crippen LogP contribution < -0.4 is 15.4 Å². The van der Waals surface area contributed by atoms with Gasteiger partial charge in [-0.2, -0.15) is 0 Å². The number of nitrogens with one attached hydrogen (secondary N) is 2. The smallest absolute Gasteiger partial charge is 0.274 e.